The number of Topliss-reactive ketones (excluding diaryl/α,β-unsaturated/α-hetero) is 1. The lowest BCUT2D eigenvalue weighted by Crippen LogP contribution is -2.23. The minimum atomic E-state index is -1.39. The smallest absolute Gasteiger partial charge is 0.372 e. The van der Waals surface area contributed by atoms with Gasteiger partial charge >= 0.3 is 5.97 Å². The monoisotopic (exact) mass is 253 g/mol. The molecule has 0 aliphatic heterocycles. The van der Waals surface area contributed by atoms with Gasteiger partial charge in [-0.3, -0.25) is 4.79 Å². The summed E-state index contributed by atoms with van der Waals surface area (Å²) >= 11 is 0. The number of carbonyl (C=O) groups excluding carboxylic acids is 1. The van der Waals surface area contributed by atoms with Gasteiger partial charge in [0.15, 0.2) is 0 Å². The minimum Gasteiger partial charge on any atom is -0.475 e. The number of aromatic nitrogens is 1. The van der Waals surface area contributed by atoms with E-state index in [9.17, 15) is 9.59 Å². The lowest BCUT2D eigenvalue weighted by molar-refractivity contribution is -0.149. The SMILES string of the molecule is O=C(O)C(=O)C1CC=Cc2nc3ccccc3cc21. The van der Waals surface area contributed by atoms with Gasteiger partial charge in [0.25, 0.3) is 0 Å². The molecule has 1 aliphatic rings. The van der Waals surface area contributed by atoms with E-state index in [1.807, 2.05) is 36.4 Å². The van der Waals surface area contributed by atoms with Crippen molar-refractivity contribution in [1.82, 2.24) is 4.98 Å². The maximum Gasteiger partial charge on any atom is 0.372 e. The maximum absolute atomic E-state index is 11.7. The zero-order valence-electron chi connectivity index (χ0n) is 10.0. The van der Waals surface area contributed by atoms with Crippen LogP contribution in [0.15, 0.2) is 36.4 Å². The fourth-order valence-corrected chi connectivity index (χ4v) is 2.40. The first kappa shape index (κ1) is 11.6. The Kier molecular flexibility index (Phi) is 2.63. The van der Waals surface area contributed by atoms with E-state index >= 15 is 0 Å². The molecule has 0 fully saturated rings. The van der Waals surface area contributed by atoms with Crippen molar-refractivity contribution in [3.63, 3.8) is 0 Å². The number of hydrogen-bond acceptors (Lipinski definition) is 3. The van der Waals surface area contributed by atoms with Crippen molar-refractivity contribution >= 4 is 28.7 Å². The number of benzene rings is 1. The Bertz CT molecular complexity index is 718. The predicted molar refractivity (Wildman–Crippen MR) is 70.8 cm³/mol. The Labute approximate surface area is 109 Å². The highest BCUT2D eigenvalue weighted by Gasteiger charge is 2.29. The van der Waals surface area contributed by atoms with Crippen molar-refractivity contribution < 1.29 is 14.7 Å². The molecule has 1 heterocycles. The normalized spacial score (nSPS) is 17.2. The van der Waals surface area contributed by atoms with Crippen LogP contribution in [0.3, 0.4) is 0 Å². The fourth-order valence-electron chi connectivity index (χ4n) is 2.40. The molecule has 0 amide bonds. The summed E-state index contributed by atoms with van der Waals surface area (Å²) in [5.74, 6) is -2.79. The van der Waals surface area contributed by atoms with Crippen LogP contribution in [0.4, 0.5) is 0 Å². The molecule has 0 radical (unpaired) electrons. The van der Waals surface area contributed by atoms with Gasteiger partial charge in [-0.25, -0.2) is 9.78 Å². The number of pyridine rings is 1. The molecule has 1 aromatic heterocycles. The second-order valence-corrected chi connectivity index (χ2v) is 4.52. The highest BCUT2D eigenvalue weighted by Crippen LogP contribution is 2.31. The van der Waals surface area contributed by atoms with Gasteiger partial charge in [0.1, 0.15) is 0 Å². The molecule has 2 aromatic rings. The second kappa shape index (κ2) is 4.31. The summed E-state index contributed by atoms with van der Waals surface area (Å²) < 4.78 is 0. The molecular formula is C15H11NO3. The van der Waals surface area contributed by atoms with Crippen molar-refractivity contribution in [2.45, 2.75) is 12.3 Å². The van der Waals surface area contributed by atoms with Crippen LogP contribution in [-0.4, -0.2) is 21.8 Å². The predicted octanol–water partition coefficient (Wildman–Crippen LogP) is 2.39. The summed E-state index contributed by atoms with van der Waals surface area (Å²) in [4.78, 5) is 27.1. The number of hydrogen-bond donors (Lipinski definition) is 1. The lowest BCUT2D eigenvalue weighted by atomic mass is 9.86. The molecule has 4 nitrogen and oxygen atoms in total. The zero-order valence-corrected chi connectivity index (χ0v) is 10.0. The number of para-hydroxylation sites is 1. The van der Waals surface area contributed by atoms with Gasteiger partial charge in [0, 0.05) is 5.39 Å². The van der Waals surface area contributed by atoms with E-state index in [-0.39, 0.29) is 0 Å². The third-order valence-electron chi connectivity index (χ3n) is 3.33. The first-order valence-corrected chi connectivity index (χ1v) is 6.00. The molecule has 1 aliphatic carbocycles. The van der Waals surface area contributed by atoms with Crippen molar-refractivity contribution in [2.24, 2.45) is 0 Å². The summed E-state index contributed by atoms with van der Waals surface area (Å²) in [6, 6.07) is 9.46. The molecule has 19 heavy (non-hydrogen) atoms. The number of aliphatic carboxylic acids is 1. The molecule has 0 saturated heterocycles. The van der Waals surface area contributed by atoms with Crippen molar-refractivity contribution in [3.8, 4) is 0 Å². The van der Waals surface area contributed by atoms with Crippen LogP contribution >= 0.6 is 0 Å². The number of carbonyl (C=O) groups is 2. The summed E-state index contributed by atoms with van der Waals surface area (Å²) in [5.41, 5.74) is 2.23. The number of ketones is 1. The number of nitrogens with zero attached hydrogens (tertiary/aromatic N) is 1. The minimum absolute atomic E-state index is 0.415. The van der Waals surface area contributed by atoms with Crippen LogP contribution in [0.25, 0.3) is 17.0 Å². The van der Waals surface area contributed by atoms with Crippen LogP contribution in [0.5, 0.6) is 0 Å². The second-order valence-electron chi connectivity index (χ2n) is 4.52. The molecule has 94 valence electrons. The van der Waals surface area contributed by atoms with Gasteiger partial charge in [-0.1, -0.05) is 24.3 Å². The van der Waals surface area contributed by atoms with E-state index in [0.29, 0.717) is 17.7 Å². The average Bonchev–Trinajstić information content (AvgIpc) is 2.43. The highest BCUT2D eigenvalue weighted by molar-refractivity contribution is 6.35. The van der Waals surface area contributed by atoms with Gasteiger partial charge in [-0.15, -0.1) is 0 Å². The first-order chi connectivity index (χ1) is 9.16. The maximum atomic E-state index is 11.7. The van der Waals surface area contributed by atoms with Crippen LogP contribution in [0.1, 0.15) is 23.6 Å². The molecule has 0 spiro atoms. The van der Waals surface area contributed by atoms with E-state index in [0.717, 1.165) is 10.9 Å². The molecule has 1 unspecified atom stereocenters. The summed E-state index contributed by atoms with van der Waals surface area (Å²) in [6.07, 6.45) is 4.06. The van der Waals surface area contributed by atoms with Crippen LogP contribution in [-0.2, 0) is 9.59 Å². The standard InChI is InChI=1S/C15H11NO3/c17-14(15(18)19)10-5-3-7-13-11(10)8-9-4-1-2-6-12(9)16-13/h1-4,6-8,10H,5H2,(H,18,19). The van der Waals surface area contributed by atoms with E-state index in [1.165, 1.54) is 0 Å². The van der Waals surface area contributed by atoms with Crippen molar-refractivity contribution in [2.75, 3.05) is 0 Å². The molecule has 0 bridgehead atoms. The summed E-state index contributed by atoms with van der Waals surface area (Å²) in [7, 11) is 0. The Morgan fingerprint density at radius 3 is 2.84 bits per heavy atom. The molecular weight excluding hydrogens is 242 g/mol. The van der Waals surface area contributed by atoms with E-state index in [2.05, 4.69) is 4.98 Å². The Hall–Kier alpha value is -2.49. The van der Waals surface area contributed by atoms with Gasteiger partial charge < -0.3 is 5.11 Å². The van der Waals surface area contributed by atoms with Crippen LogP contribution in [0, 0.1) is 0 Å². The zero-order chi connectivity index (χ0) is 13.4. The van der Waals surface area contributed by atoms with Gasteiger partial charge in [-0.05, 0) is 30.2 Å². The van der Waals surface area contributed by atoms with E-state index in [4.69, 9.17) is 5.11 Å². The summed E-state index contributed by atoms with van der Waals surface area (Å²) in [6.45, 7) is 0. The lowest BCUT2D eigenvalue weighted by Gasteiger charge is -2.18. The molecule has 1 atom stereocenters. The Morgan fingerprint density at radius 2 is 2.05 bits per heavy atom. The number of fused-ring (bicyclic) bond motifs is 2. The number of carboxylic acid groups (broad SMARTS) is 1. The Balaban J connectivity index is 2.19. The quantitative estimate of drug-likeness (QED) is 0.834. The van der Waals surface area contributed by atoms with Gasteiger partial charge in [0.2, 0.25) is 5.78 Å². The van der Waals surface area contributed by atoms with E-state index < -0.39 is 17.7 Å². The van der Waals surface area contributed by atoms with Crippen LogP contribution in [0.2, 0.25) is 0 Å². The fraction of sp³-hybridized carbons (Fsp3) is 0.133. The third-order valence-corrected chi connectivity index (χ3v) is 3.33. The van der Waals surface area contributed by atoms with Gasteiger partial charge in [-0.2, -0.15) is 0 Å². The van der Waals surface area contributed by atoms with Gasteiger partial charge in [0.05, 0.1) is 17.1 Å². The first-order valence-electron chi connectivity index (χ1n) is 6.00. The third kappa shape index (κ3) is 1.91. The topological polar surface area (TPSA) is 67.3 Å². The average molecular weight is 253 g/mol. The molecule has 3 rings (SSSR count). The number of carboxylic acids is 1. The molecule has 1 aromatic carbocycles. The molecule has 1 N–H and O–H groups in total. The van der Waals surface area contributed by atoms with Crippen LogP contribution < -0.4 is 0 Å². The highest BCUT2D eigenvalue weighted by atomic mass is 16.4. The van der Waals surface area contributed by atoms with E-state index in [1.54, 1.807) is 6.08 Å². The van der Waals surface area contributed by atoms with Crippen molar-refractivity contribution in [3.05, 3.63) is 47.7 Å². The number of rotatable bonds is 2. The largest absolute Gasteiger partial charge is 0.475 e. The molecule has 0 saturated carbocycles. The summed E-state index contributed by atoms with van der Waals surface area (Å²) in [5, 5.41) is 9.80. The number of allylic oxidation sites excluding steroid dienone is 1. The molecule has 4 heteroatoms. The Morgan fingerprint density at radius 1 is 1.26 bits per heavy atom. The van der Waals surface area contributed by atoms with Crippen molar-refractivity contribution in [1.29, 1.82) is 0 Å².